The SMILES string of the molecule is Cn1cnnc1SCC(=O)N[C@H](Cc1c[nH]c2ccccc12)C(=O)[O-]. The minimum absolute atomic E-state index is 0.0458. The average molecular weight is 358 g/mol. The molecule has 1 atom stereocenters. The van der Waals surface area contributed by atoms with Crippen molar-refractivity contribution < 1.29 is 14.7 Å². The van der Waals surface area contributed by atoms with Crippen LogP contribution in [0.25, 0.3) is 10.9 Å². The number of carbonyl (C=O) groups excluding carboxylic acids is 2. The monoisotopic (exact) mass is 358 g/mol. The lowest BCUT2D eigenvalue weighted by Gasteiger charge is -2.19. The number of hydrogen-bond donors (Lipinski definition) is 2. The smallest absolute Gasteiger partial charge is 0.231 e. The van der Waals surface area contributed by atoms with Crippen LogP contribution in [0.1, 0.15) is 5.56 Å². The summed E-state index contributed by atoms with van der Waals surface area (Å²) in [5.74, 6) is -1.67. The standard InChI is InChI=1S/C16H17N5O3S/c1-21-9-18-20-16(21)25-8-14(22)19-13(15(23)24)6-10-7-17-12-5-3-2-4-11(10)12/h2-5,7,9,13,17H,6,8H2,1H3,(H,19,22)(H,23,24)/p-1/t13-/m1/s1. The highest BCUT2D eigenvalue weighted by atomic mass is 32.2. The lowest BCUT2D eigenvalue weighted by atomic mass is 10.1. The molecule has 2 N–H and O–H groups in total. The van der Waals surface area contributed by atoms with Crippen molar-refractivity contribution in [3.05, 3.63) is 42.4 Å². The van der Waals surface area contributed by atoms with E-state index < -0.39 is 17.9 Å². The largest absolute Gasteiger partial charge is 0.548 e. The average Bonchev–Trinajstić information content (AvgIpc) is 3.19. The van der Waals surface area contributed by atoms with E-state index in [0.717, 1.165) is 16.5 Å². The molecular weight excluding hydrogens is 342 g/mol. The fourth-order valence-corrected chi connectivity index (χ4v) is 3.18. The number of nitrogens with one attached hydrogen (secondary N) is 2. The summed E-state index contributed by atoms with van der Waals surface area (Å²) in [6, 6.07) is 6.47. The Balaban J connectivity index is 1.64. The molecule has 0 aliphatic rings. The number of benzene rings is 1. The number of amides is 1. The zero-order valence-electron chi connectivity index (χ0n) is 13.4. The van der Waals surface area contributed by atoms with Gasteiger partial charge in [0, 0.05) is 30.6 Å². The number of fused-ring (bicyclic) bond motifs is 1. The summed E-state index contributed by atoms with van der Waals surface area (Å²) in [6.45, 7) is 0. The molecule has 0 aliphatic carbocycles. The van der Waals surface area contributed by atoms with Crippen LogP contribution in [0.15, 0.2) is 41.9 Å². The Bertz CT molecular complexity index is 904. The number of carboxylic acid groups (broad SMARTS) is 1. The fraction of sp³-hybridized carbons (Fsp3) is 0.250. The van der Waals surface area contributed by atoms with Crippen molar-refractivity contribution in [2.24, 2.45) is 7.05 Å². The van der Waals surface area contributed by atoms with Gasteiger partial charge >= 0.3 is 0 Å². The Morgan fingerprint density at radius 1 is 1.40 bits per heavy atom. The molecule has 0 saturated heterocycles. The number of aliphatic carboxylic acids is 1. The third-order valence-electron chi connectivity index (χ3n) is 3.72. The van der Waals surface area contributed by atoms with Gasteiger partial charge in [0.2, 0.25) is 5.91 Å². The van der Waals surface area contributed by atoms with Crippen molar-refractivity contribution in [1.82, 2.24) is 25.1 Å². The highest BCUT2D eigenvalue weighted by molar-refractivity contribution is 7.99. The second kappa shape index (κ2) is 7.39. The number of aromatic amines is 1. The Labute approximate surface area is 147 Å². The van der Waals surface area contributed by atoms with Crippen molar-refractivity contribution >= 4 is 34.5 Å². The van der Waals surface area contributed by atoms with Gasteiger partial charge in [0.25, 0.3) is 0 Å². The predicted octanol–water partition coefficient (Wildman–Crippen LogP) is -0.134. The van der Waals surface area contributed by atoms with E-state index in [1.54, 1.807) is 17.8 Å². The number of para-hydroxylation sites is 1. The van der Waals surface area contributed by atoms with Gasteiger partial charge in [-0.05, 0) is 11.6 Å². The Kier molecular flexibility index (Phi) is 5.03. The van der Waals surface area contributed by atoms with Crippen LogP contribution >= 0.6 is 11.8 Å². The summed E-state index contributed by atoms with van der Waals surface area (Å²) in [7, 11) is 1.77. The van der Waals surface area contributed by atoms with Gasteiger partial charge in [-0.3, -0.25) is 4.79 Å². The maximum Gasteiger partial charge on any atom is 0.231 e. The van der Waals surface area contributed by atoms with Crippen molar-refractivity contribution in [2.75, 3.05) is 5.75 Å². The molecule has 0 radical (unpaired) electrons. The van der Waals surface area contributed by atoms with E-state index in [1.807, 2.05) is 24.3 Å². The minimum Gasteiger partial charge on any atom is -0.548 e. The van der Waals surface area contributed by atoms with Crippen LogP contribution in [-0.2, 0) is 23.1 Å². The molecule has 130 valence electrons. The third-order valence-corrected chi connectivity index (χ3v) is 4.76. The zero-order valence-corrected chi connectivity index (χ0v) is 14.2. The molecule has 0 unspecified atom stereocenters. The molecular formula is C16H16N5O3S-. The summed E-state index contributed by atoms with van der Waals surface area (Å²) in [6.07, 6.45) is 3.43. The predicted molar refractivity (Wildman–Crippen MR) is 90.7 cm³/mol. The van der Waals surface area contributed by atoms with E-state index in [0.29, 0.717) is 5.16 Å². The summed E-state index contributed by atoms with van der Waals surface area (Å²) in [5.41, 5.74) is 1.73. The molecule has 0 aliphatic heterocycles. The molecule has 2 heterocycles. The number of aryl methyl sites for hydroxylation is 1. The summed E-state index contributed by atoms with van der Waals surface area (Å²) < 4.78 is 1.68. The zero-order chi connectivity index (χ0) is 17.8. The number of nitrogens with zero attached hydrogens (tertiary/aromatic N) is 3. The van der Waals surface area contributed by atoms with Gasteiger partial charge in [-0.25, -0.2) is 0 Å². The third kappa shape index (κ3) is 4.00. The molecule has 3 rings (SSSR count). The van der Waals surface area contributed by atoms with Crippen molar-refractivity contribution in [3.63, 3.8) is 0 Å². The molecule has 1 aromatic carbocycles. The number of aromatic nitrogens is 4. The number of carboxylic acids is 1. The Morgan fingerprint density at radius 2 is 2.20 bits per heavy atom. The maximum atomic E-state index is 12.1. The van der Waals surface area contributed by atoms with Gasteiger partial charge in [0.1, 0.15) is 6.33 Å². The second-order valence-corrected chi connectivity index (χ2v) is 6.46. The van der Waals surface area contributed by atoms with Crippen LogP contribution in [0.5, 0.6) is 0 Å². The van der Waals surface area contributed by atoms with Gasteiger partial charge in [-0.1, -0.05) is 30.0 Å². The molecule has 25 heavy (non-hydrogen) atoms. The molecule has 3 aromatic rings. The number of thioether (sulfide) groups is 1. The quantitative estimate of drug-likeness (QED) is 0.568. The Morgan fingerprint density at radius 3 is 2.92 bits per heavy atom. The molecule has 0 fully saturated rings. The summed E-state index contributed by atoms with van der Waals surface area (Å²) in [5, 5.41) is 23.0. The minimum atomic E-state index is -1.32. The number of rotatable bonds is 7. The molecule has 8 nitrogen and oxygen atoms in total. The van der Waals surface area contributed by atoms with Gasteiger partial charge in [0.05, 0.1) is 17.8 Å². The summed E-state index contributed by atoms with van der Waals surface area (Å²) >= 11 is 1.18. The van der Waals surface area contributed by atoms with Crippen LogP contribution in [0.2, 0.25) is 0 Å². The van der Waals surface area contributed by atoms with E-state index in [4.69, 9.17) is 0 Å². The lowest BCUT2D eigenvalue weighted by Crippen LogP contribution is -2.49. The van der Waals surface area contributed by atoms with Gasteiger partial charge < -0.3 is 24.8 Å². The maximum absolute atomic E-state index is 12.1. The fourth-order valence-electron chi connectivity index (χ4n) is 2.48. The number of H-pyrrole nitrogens is 1. The van der Waals surface area contributed by atoms with Crippen molar-refractivity contribution in [2.45, 2.75) is 17.6 Å². The molecule has 0 bridgehead atoms. The number of carbonyl (C=O) groups is 2. The van der Waals surface area contributed by atoms with E-state index in [2.05, 4.69) is 20.5 Å². The van der Waals surface area contributed by atoms with Crippen LogP contribution in [0, 0.1) is 0 Å². The van der Waals surface area contributed by atoms with E-state index >= 15 is 0 Å². The molecule has 9 heteroatoms. The second-order valence-electron chi connectivity index (χ2n) is 5.52. The number of hydrogen-bond acceptors (Lipinski definition) is 6. The summed E-state index contributed by atoms with van der Waals surface area (Å²) in [4.78, 5) is 26.6. The van der Waals surface area contributed by atoms with E-state index in [-0.39, 0.29) is 12.2 Å². The van der Waals surface area contributed by atoms with Crippen molar-refractivity contribution in [3.8, 4) is 0 Å². The first kappa shape index (κ1) is 17.0. The highest BCUT2D eigenvalue weighted by Gasteiger charge is 2.17. The van der Waals surface area contributed by atoms with Crippen LogP contribution in [0.4, 0.5) is 0 Å². The van der Waals surface area contributed by atoms with Gasteiger partial charge in [-0.2, -0.15) is 0 Å². The van der Waals surface area contributed by atoms with Crippen LogP contribution in [0.3, 0.4) is 0 Å². The lowest BCUT2D eigenvalue weighted by molar-refractivity contribution is -0.308. The Hall–Kier alpha value is -2.81. The first-order valence-corrected chi connectivity index (χ1v) is 8.55. The first-order chi connectivity index (χ1) is 12.0. The molecule has 2 aromatic heterocycles. The van der Waals surface area contributed by atoms with E-state index in [9.17, 15) is 14.7 Å². The molecule has 0 saturated carbocycles. The first-order valence-electron chi connectivity index (χ1n) is 7.56. The topological polar surface area (TPSA) is 116 Å². The van der Waals surface area contributed by atoms with Gasteiger partial charge in [0.15, 0.2) is 5.16 Å². The highest BCUT2D eigenvalue weighted by Crippen LogP contribution is 2.19. The van der Waals surface area contributed by atoms with E-state index in [1.165, 1.54) is 18.1 Å². The van der Waals surface area contributed by atoms with Gasteiger partial charge in [-0.15, -0.1) is 10.2 Å². The normalized spacial score (nSPS) is 12.2. The van der Waals surface area contributed by atoms with Crippen molar-refractivity contribution in [1.29, 1.82) is 0 Å². The molecule has 1 amide bonds. The molecule has 0 spiro atoms. The van der Waals surface area contributed by atoms with Crippen LogP contribution in [-0.4, -0.2) is 43.4 Å². The van der Waals surface area contributed by atoms with Crippen LogP contribution < -0.4 is 10.4 Å².